The van der Waals surface area contributed by atoms with E-state index in [0.717, 1.165) is 83.8 Å². The molecule has 6 rings (SSSR count). The number of aromatic nitrogens is 1. The van der Waals surface area contributed by atoms with Gasteiger partial charge in [-0.05, 0) is 100 Å². The zero-order valence-corrected chi connectivity index (χ0v) is 23.5. The molecule has 3 heterocycles. The summed E-state index contributed by atoms with van der Waals surface area (Å²) >= 11 is 0. The van der Waals surface area contributed by atoms with Gasteiger partial charge in [-0.15, -0.1) is 0 Å². The van der Waals surface area contributed by atoms with Crippen molar-refractivity contribution in [3.63, 3.8) is 0 Å². The lowest BCUT2D eigenvalue weighted by molar-refractivity contribution is -0.117. The van der Waals surface area contributed by atoms with Crippen molar-refractivity contribution in [2.24, 2.45) is 0 Å². The molecule has 212 valence electrons. The van der Waals surface area contributed by atoms with E-state index >= 15 is 0 Å². The minimum Gasteiger partial charge on any atom is -0.354 e. The highest BCUT2D eigenvalue weighted by molar-refractivity contribution is 6.11. The van der Waals surface area contributed by atoms with Crippen LogP contribution in [0, 0.1) is 0 Å². The van der Waals surface area contributed by atoms with Crippen molar-refractivity contribution in [1.82, 2.24) is 14.8 Å². The molecule has 4 aromatic rings. The molecule has 8 heteroatoms. The number of fused-ring (bicyclic) bond motifs is 2. The summed E-state index contributed by atoms with van der Waals surface area (Å²) in [6.07, 6.45) is 5.84. The number of likely N-dealkylation sites (tertiary alicyclic amines) is 2. The molecule has 0 bridgehead atoms. The van der Waals surface area contributed by atoms with Gasteiger partial charge in [-0.2, -0.15) is 0 Å². The van der Waals surface area contributed by atoms with Crippen LogP contribution in [0.3, 0.4) is 0 Å². The van der Waals surface area contributed by atoms with E-state index < -0.39 is 0 Å². The number of pyridine rings is 1. The quantitative estimate of drug-likeness (QED) is 0.211. The molecule has 8 nitrogen and oxygen atoms in total. The lowest BCUT2D eigenvalue weighted by atomic mass is 10.1. The van der Waals surface area contributed by atoms with Crippen LogP contribution < -0.4 is 16.0 Å². The monoisotopic (exact) mass is 550 g/mol. The molecule has 41 heavy (non-hydrogen) atoms. The molecule has 0 atom stereocenters. The minimum absolute atomic E-state index is 0.0183. The second-order valence-corrected chi connectivity index (χ2v) is 11.1. The van der Waals surface area contributed by atoms with E-state index in [4.69, 9.17) is 4.98 Å². The maximum Gasteiger partial charge on any atom is 0.225 e. The molecular weight excluding hydrogens is 512 g/mol. The number of amides is 2. The zero-order chi connectivity index (χ0) is 28.0. The summed E-state index contributed by atoms with van der Waals surface area (Å²) in [5.74, 6) is 0.0393. The molecule has 0 spiro atoms. The van der Waals surface area contributed by atoms with E-state index in [-0.39, 0.29) is 11.8 Å². The van der Waals surface area contributed by atoms with Crippen LogP contribution in [-0.2, 0) is 9.59 Å². The van der Waals surface area contributed by atoms with E-state index in [9.17, 15) is 9.59 Å². The Balaban J connectivity index is 1.26. The average molecular weight is 551 g/mol. The number of rotatable bonds is 10. The first-order chi connectivity index (χ1) is 20.1. The number of nitrogens with one attached hydrogen (secondary N) is 3. The number of benzene rings is 3. The fourth-order valence-electron chi connectivity index (χ4n) is 5.88. The Kier molecular flexibility index (Phi) is 8.39. The van der Waals surface area contributed by atoms with Crippen LogP contribution in [0.2, 0.25) is 0 Å². The second-order valence-electron chi connectivity index (χ2n) is 11.1. The fraction of sp³-hybridized carbons (Fsp3) is 0.364. The Morgan fingerprint density at radius 2 is 1.22 bits per heavy atom. The van der Waals surface area contributed by atoms with Crippen molar-refractivity contribution < 1.29 is 9.59 Å². The predicted octanol–water partition coefficient (Wildman–Crippen LogP) is 5.98. The van der Waals surface area contributed by atoms with Crippen molar-refractivity contribution in [2.75, 3.05) is 55.2 Å². The highest BCUT2D eigenvalue weighted by Crippen LogP contribution is 2.35. The van der Waals surface area contributed by atoms with E-state index in [1.807, 2.05) is 66.7 Å². The van der Waals surface area contributed by atoms with E-state index in [0.29, 0.717) is 12.8 Å². The Morgan fingerprint density at radius 1 is 0.634 bits per heavy atom. The maximum atomic E-state index is 12.7. The van der Waals surface area contributed by atoms with Gasteiger partial charge in [0, 0.05) is 53.8 Å². The first-order valence-electron chi connectivity index (χ1n) is 14.8. The number of para-hydroxylation sites is 1. The van der Waals surface area contributed by atoms with Gasteiger partial charge in [-0.25, -0.2) is 4.98 Å². The van der Waals surface area contributed by atoms with Crippen molar-refractivity contribution >= 4 is 56.4 Å². The van der Waals surface area contributed by atoms with Gasteiger partial charge >= 0.3 is 0 Å². The summed E-state index contributed by atoms with van der Waals surface area (Å²) in [6, 6.07) is 21.8. The lowest BCUT2D eigenvalue weighted by Gasteiger charge is -2.17. The van der Waals surface area contributed by atoms with Crippen LogP contribution in [0.1, 0.15) is 38.5 Å². The molecule has 0 saturated carbocycles. The highest BCUT2D eigenvalue weighted by Gasteiger charge is 2.16. The molecule has 2 fully saturated rings. The third kappa shape index (κ3) is 6.84. The number of hydrogen-bond donors (Lipinski definition) is 3. The van der Waals surface area contributed by atoms with Crippen LogP contribution in [0.15, 0.2) is 66.7 Å². The van der Waals surface area contributed by atoms with Crippen LogP contribution >= 0.6 is 0 Å². The molecule has 3 N–H and O–H groups in total. The number of hydrogen-bond acceptors (Lipinski definition) is 6. The van der Waals surface area contributed by atoms with Crippen molar-refractivity contribution in [3.8, 4) is 0 Å². The van der Waals surface area contributed by atoms with Gasteiger partial charge in [0.05, 0.1) is 16.7 Å². The highest BCUT2D eigenvalue weighted by atomic mass is 16.2. The molecule has 2 aliphatic heterocycles. The van der Waals surface area contributed by atoms with Crippen LogP contribution in [0.4, 0.5) is 22.7 Å². The van der Waals surface area contributed by atoms with Crippen LogP contribution in [0.25, 0.3) is 21.8 Å². The Hall–Kier alpha value is -4.01. The summed E-state index contributed by atoms with van der Waals surface area (Å²) in [6.45, 7) is 5.93. The molecule has 1 aromatic heterocycles. The Morgan fingerprint density at radius 3 is 1.85 bits per heavy atom. The molecule has 0 unspecified atom stereocenters. The van der Waals surface area contributed by atoms with Crippen molar-refractivity contribution in [1.29, 1.82) is 0 Å². The molecule has 2 saturated heterocycles. The van der Waals surface area contributed by atoms with Gasteiger partial charge in [0.1, 0.15) is 0 Å². The first-order valence-corrected chi connectivity index (χ1v) is 14.8. The number of carbonyl (C=O) groups excluding carboxylic acids is 2. The molecule has 3 aromatic carbocycles. The van der Waals surface area contributed by atoms with Gasteiger partial charge in [0.25, 0.3) is 0 Å². The zero-order valence-electron chi connectivity index (χ0n) is 23.5. The molecule has 2 aliphatic rings. The van der Waals surface area contributed by atoms with Crippen molar-refractivity contribution in [3.05, 3.63) is 66.7 Å². The average Bonchev–Trinajstić information content (AvgIpc) is 3.70. The smallest absolute Gasteiger partial charge is 0.225 e. The van der Waals surface area contributed by atoms with Gasteiger partial charge < -0.3 is 25.8 Å². The van der Waals surface area contributed by atoms with Gasteiger partial charge in [0.2, 0.25) is 11.8 Å². The third-order valence-electron chi connectivity index (χ3n) is 8.09. The number of anilines is 4. The fourth-order valence-corrected chi connectivity index (χ4v) is 5.88. The van der Waals surface area contributed by atoms with Gasteiger partial charge in [0.15, 0.2) is 0 Å². The molecule has 0 aliphatic carbocycles. The van der Waals surface area contributed by atoms with Crippen LogP contribution in [0.5, 0.6) is 0 Å². The Labute approximate surface area is 241 Å². The largest absolute Gasteiger partial charge is 0.354 e. The molecule has 0 radical (unpaired) electrons. The second kappa shape index (κ2) is 12.7. The Bertz CT molecular complexity index is 1530. The molecular formula is C33H38N6O2. The normalized spacial score (nSPS) is 15.9. The minimum atomic E-state index is 0.0183. The summed E-state index contributed by atoms with van der Waals surface area (Å²) in [5.41, 5.74) is 4.96. The van der Waals surface area contributed by atoms with E-state index in [2.05, 4.69) is 25.8 Å². The lowest BCUT2D eigenvalue weighted by Crippen LogP contribution is -2.25. The summed E-state index contributed by atoms with van der Waals surface area (Å²) in [4.78, 5) is 35.0. The third-order valence-corrected chi connectivity index (χ3v) is 8.09. The topological polar surface area (TPSA) is 89.6 Å². The van der Waals surface area contributed by atoms with Gasteiger partial charge in [-0.3, -0.25) is 9.59 Å². The summed E-state index contributed by atoms with van der Waals surface area (Å²) in [7, 11) is 0. The SMILES string of the molecule is O=C(CCN1CCCC1)Nc1ccc2c(Nc3ccccc3)c3cc(NC(=O)CCN4CCCC4)ccc3nc2c1. The van der Waals surface area contributed by atoms with Crippen LogP contribution in [-0.4, -0.2) is 65.9 Å². The molecule has 2 amide bonds. The van der Waals surface area contributed by atoms with E-state index in [1.54, 1.807) is 0 Å². The number of carbonyl (C=O) groups is 2. The number of nitrogens with zero attached hydrogens (tertiary/aromatic N) is 3. The van der Waals surface area contributed by atoms with E-state index in [1.165, 1.54) is 25.7 Å². The predicted molar refractivity (Wildman–Crippen MR) is 167 cm³/mol. The standard InChI is InChI=1S/C33H38N6O2/c40-31(14-20-38-16-4-5-17-38)34-25-11-13-29-28(22-25)33(36-24-8-2-1-3-9-24)27-12-10-26(23-30(27)37-29)35-32(41)15-21-39-18-6-7-19-39/h1-3,8-13,22-23H,4-7,14-21H2,(H,34,40)(H,35,41)(H,36,37). The maximum absolute atomic E-state index is 12.7. The first kappa shape index (κ1) is 27.2. The van der Waals surface area contributed by atoms with Gasteiger partial charge in [-0.1, -0.05) is 18.2 Å². The summed E-state index contributed by atoms with van der Waals surface area (Å²) in [5, 5.41) is 11.6. The summed E-state index contributed by atoms with van der Waals surface area (Å²) < 4.78 is 0. The van der Waals surface area contributed by atoms with Crippen molar-refractivity contribution in [2.45, 2.75) is 38.5 Å².